The van der Waals surface area contributed by atoms with Crippen LogP contribution in [0.15, 0.2) is 47.6 Å². The van der Waals surface area contributed by atoms with Crippen LogP contribution in [0.25, 0.3) is 0 Å². The predicted molar refractivity (Wildman–Crippen MR) is 92.3 cm³/mol. The van der Waals surface area contributed by atoms with Crippen LogP contribution in [0.1, 0.15) is 5.56 Å². The first-order valence-electron chi connectivity index (χ1n) is 7.13. The van der Waals surface area contributed by atoms with Gasteiger partial charge in [-0.15, -0.1) is 0 Å². The van der Waals surface area contributed by atoms with E-state index in [4.69, 9.17) is 14.2 Å². The summed E-state index contributed by atoms with van der Waals surface area (Å²) in [5.74, 6) is 1.62. The van der Waals surface area contributed by atoms with Gasteiger partial charge in [-0.1, -0.05) is 18.2 Å². The molecule has 2 aromatic carbocycles. The maximum absolute atomic E-state index is 11.8. The Balaban J connectivity index is 2.06. The van der Waals surface area contributed by atoms with Crippen molar-refractivity contribution >= 4 is 17.9 Å². The van der Waals surface area contributed by atoms with Crippen molar-refractivity contribution in [1.29, 1.82) is 0 Å². The molecular formula is C17H19N3O4. The number of amides is 2. The van der Waals surface area contributed by atoms with Crippen LogP contribution in [0.5, 0.6) is 17.2 Å². The number of methoxy groups -OCH3 is 3. The minimum atomic E-state index is -0.447. The lowest BCUT2D eigenvalue weighted by Crippen LogP contribution is -2.24. The SMILES string of the molecule is COc1cc(OC)c(OC)cc1/C=N\NC(=O)Nc1ccccc1. The number of hydrazone groups is 1. The van der Waals surface area contributed by atoms with Crippen molar-refractivity contribution in [2.75, 3.05) is 26.6 Å². The Morgan fingerprint density at radius 2 is 1.58 bits per heavy atom. The van der Waals surface area contributed by atoms with Gasteiger partial charge in [0.2, 0.25) is 0 Å². The maximum Gasteiger partial charge on any atom is 0.339 e. The van der Waals surface area contributed by atoms with Gasteiger partial charge in [-0.05, 0) is 18.2 Å². The number of rotatable bonds is 6. The molecule has 2 amide bonds. The quantitative estimate of drug-likeness (QED) is 0.631. The smallest absolute Gasteiger partial charge is 0.339 e. The molecule has 0 fully saturated rings. The molecule has 0 aliphatic carbocycles. The second-order valence-corrected chi connectivity index (χ2v) is 4.64. The summed E-state index contributed by atoms with van der Waals surface area (Å²) >= 11 is 0. The van der Waals surface area contributed by atoms with Gasteiger partial charge < -0.3 is 19.5 Å². The van der Waals surface area contributed by atoms with Gasteiger partial charge in [-0.2, -0.15) is 5.10 Å². The number of carbonyl (C=O) groups is 1. The second-order valence-electron chi connectivity index (χ2n) is 4.64. The zero-order valence-electron chi connectivity index (χ0n) is 13.7. The lowest BCUT2D eigenvalue weighted by atomic mass is 10.2. The van der Waals surface area contributed by atoms with Crippen LogP contribution >= 0.6 is 0 Å². The third-order valence-electron chi connectivity index (χ3n) is 3.14. The fourth-order valence-corrected chi connectivity index (χ4v) is 1.99. The number of ether oxygens (including phenoxy) is 3. The Morgan fingerprint density at radius 3 is 2.21 bits per heavy atom. The molecule has 0 saturated carbocycles. The van der Waals surface area contributed by atoms with E-state index in [1.807, 2.05) is 18.2 Å². The molecule has 7 nitrogen and oxygen atoms in total. The van der Waals surface area contributed by atoms with E-state index in [0.29, 0.717) is 28.5 Å². The number of hydrogen-bond donors (Lipinski definition) is 2. The summed E-state index contributed by atoms with van der Waals surface area (Å²) in [5.41, 5.74) is 3.70. The summed E-state index contributed by atoms with van der Waals surface area (Å²) in [6, 6.07) is 12.0. The van der Waals surface area contributed by atoms with Crippen LogP contribution in [0, 0.1) is 0 Å². The van der Waals surface area contributed by atoms with E-state index in [9.17, 15) is 4.79 Å². The van der Waals surface area contributed by atoms with E-state index >= 15 is 0 Å². The molecule has 0 unspecified atom stereocenters. The monoisotopic (exact) mass is 329 g/mol. The molecule has 0 saturated heterocycles. The molecule has 2 rings (SSSR count). The standard InChI is InChI=1S/C17H19N3O4/c1-22-14-10-16(24-3)15(23-2)9-12(14)11-18-20-17(21)19-13-7-5-4-6-8-13/h4-11H,1-3H3,(H2,19,20,21)/b18-11-. The van der Waals surface area contributed by atoms with E-state index in [0.717, 1.165) is 0 Å². The van der Waals surface area contributed by atoms with Crippen molar-refractivity contribution in [3.05, 3.63) is 48.0 Å². The minimum Gasteiger partial charge on any atom is -0.496 e. The Bertz CT molecular complexity index is 717. The predicted octanol–water partition coefficient (Wildman–Crippen LogP) is 2.87. The summed E-state index contributed by atoms with van der Waals surface area (Å²) in [6.07, 6.45) is 1.46. The molecule has 7 heteroatoms. The number of anilines is 1. The molecule has 2 aromatic rings. The van der Waals surface area contributed by atoms with Gasteiger partial charge in [0.05, 0.1) is 27.5 Å². The van der Waals surface area contributed by atoms with Crippen molar-refractivity contribution < 1.29 is 19.0 Å². The topological polar surface area (TPSA) is 81.2 Å². The van der Waals surface area contributed by atoms with Gasteiger partial charge in [0.1, 0.15) is 5.75 Å². The lowest BCUT2D eigenvalue weighted by molar-refractivity contribution is 0.252. The van der Waals surface area contributed by atoms with Crippen molar-refractivity contribution in [2.45, 2.75) is 0 Å². The van der Waals surface area contributed by atoms with Gasteiger partial charge in [-0.25, -0.2) is 10.2 Å². The molecule has 24 heavy (non-hydrogen) atoms. The van der Waals surface area contributed by atoms with Crippen molar-refractivity contribution in [3.63, 3.8) is 0 Å². The fourth-order valence-electron chi connectivity index (χ4n) is 1.99. The molecule has 0 heterocycles. The van der Waals surface area contributed by atoms with Crippen LogP contribution in [0.3, 0.4) is 0 Å². The number of urea groups is 1. The van der Waals surface area contributed by atoms with Gasteiger partial charge in [-0.3, -0.25) is 0 Å². The highest BCUT2D eigenvalue weighted by Gasteiger charge is 2.10. The maximum atomic E-state index is 11.8. The van der Waals surface area contributed by atoms with Gasteiger partial charge in [0.15, 0.2) is 11.5 Å². The summed E-state index contributed by atoms with van der Waals surface area (Å²) in [4.78, 5) is 11.8. The molecule has 0 spiro atoms. The summed E-state index contributed by atoms with van der Waals surface area (Å²) in [5, 5.41) is 6.57. The van der Waals surface area contributed by atoms with E-state index in [-0.39, 0.29) is 0 Å². The van der Waals surface area contributed by atoms with Gasteiger partial charge >= 0.3 is 6.03 Å². The highest BCUT2D eigenvalue weighted by atomic mass is 16.5. The fraction of sp³-hybridized carbons (Fsp3) is 0.176. The summed E-state index contributed by atoms with van der Waals surface area (Å²) < 4.78 is 15.7. The number of nitrogens with zero attached hydrogens (tertiary/aromatic N) is 1. The largest absolute Gasteiger partial charge is 0.496 e. The van der Waals surface area contributed by atoms with E-state index < -0.39 is 6.03 Å². The number of benzene rings is 2. The third kappa shape index (κ3) is 4.39. The number of hydrogen-bond acceptors (Lipinski definition) is 5. The zero-order valence-corrected chi connectivity index (χ0v) is 13.7. The van der Waals surface area contributed by atoms with Crippen LogP contribution < -0.4 is 25.0 Å². The van der Waals surface area contributed by atoms with Crippen molar-refractivity contribution in [3.8, 4) is 17.2 Å². The van der Waals surface area contributed by atoms with E-state index in [2.05, 4.69) is 15.8 Å². The normalized spacial score (nSPS) is 10.3. The first kappa shape index (κ1) is 17.1. The van der Waals surface area contributed by atoms with Crippen LogP contribution in [0.4, 0.5) is 10.5 Å². The Kier molecular flexibility index (Phi) is 6.01. The van der Waals surface area contributed by atoms with Gasteiger partial charge in [0.25, 0.3) is 0 Å². The first-order valence-corrected chi connectivity index (χ1v) is 7.13. The molecular weight excluding hydrogens is 310 g/mol. The first-order chi connectivity index (χ1) is 11.7. The Labute approximate surface area is 140 Å². The number of para-hydroxylation sites is 1. The van der Waals surface area contributed by atoms with Crippen LogP contribution in [-0.4, -0.2) is 33.6 Å². The molecule has 0 aliphatic heterocycles. The Hall–Kier alpha value is -3.22. The highest BCUT2D eigenvalue weighted by Crippen LogP contribution is 2.33. The minimum absolute atomic E-state index is 0.447. The average molecular weight is 329 g/mol. The average Bonchev–Trinajstić information content (AvgIpc) is 2.62. The molecule has 0 bridgehead atoms. The zero-order chi connectivity index (χ0) is 17.4. The molecule has 0 aliphatic rings. The number of nitrogens with one attached hydrogen (secondary N) is 2. The van der Waals surface area contributed by atoms with Crippen LogP contribution in [0.2, 0.25) is 0 Å². The lowest BCUT2D eigenvalue weighted by Gasteiger charge is -2.11. The molecule has 2 N–H and O–H groups in total. The number of carbonyl (C=O) groups excluding carboxylic acids is 1. The highest BCUT2D eigenvalue weighted by molar-refractivity contribution is 5.91. The van der Waals surface area contributed by atoms with Crippen LogP contribution in [-0.2, 0) is 0 Å². The van der Waals surface area contributed by atoms with Gasteiger partial charge in [0, 0.05) is 17.3 Å². The summed E-state index contributed by atoms with van der Waals surface area (Å²) in [7, 11) is 4.62. The van der Waals surface area contributed by atoms with Crippen molar-refractivity contribution in [2.24, 2.45) is 5.10 Å². The molecule has 0 aromatic heterocycles. The summed E-state index contributed by atoms with van der Waals surface area (Å²) in [6.45, 7) is 0. The molecule has 126 valence electrons. The van der Waals surface area contributed by atoms with E-state index in [1.165, 1.54) is 20.4 Å². The second kappa shape index (κ2) is 8.42. The molecule has 0 atom stereocenters. The van der Waals surface area contributed by atoms with E-state index in [1.54, 1.807) is 31.4 Å². The molecule has 0 radical (unpaired) electrons. The third-order valence-corrected chi connectivity index (χ3v) is 3.14. The Morgan fingerprint density at radius 1 is 0.958 bits per heavy atom. The van der Waals surface area contributed by atoms with Crippen molar-refractivity contribution in [1.82, 2.24) is 5.43 Å².